The lowest BCUT2D eigenvalue weighted by Gasteiger charge is -2.18. The minimum Gasteiger partial charge on any atom is -0.478 e. The van der Waals surface area contributed by atoms with Crippen molar-refractivity contribution in [1.82, 2.24) is 0 Å². The van der Waals surface area contributed by atoms with Crippen LogP contribution in [0.1, 0.15) is 16.8 Å². The number of amides is 1. The van der Waals surface area contributed by atoms with Gasteiger partial charge in [0, 0.05) is 24.0 Å². The Morgan fingerprint density at radius 2 is 2.24 bits per heavy atom. The number of anilines is 1. The van der Waals surface area contributed by atoms with E-state index in [1.54, 1.807) is 0 Å². The molecule has 0 saturated carbocycles. The molecule has 1 aliphatic heterocycles. The van der Waals surface area contributed by atoms with Gasteiger partial charge in [0.25, 0.3) is 0 Å². The number of nitrogens with two attached hydrogens (primary N) is 1. The molecule has 1 aliphatic rings. The number of carboxylic acids is 1. The Labute approximate surface area is 103 Å². The Kier molecular flexibility index (Phi) is 3.04. The number of halogens is 1. The number of aromatic carboxylic acids is 1. The van der Waals surface area contributed by atoms with E-state index in [9.17, 15) is 9.59 Å². The Hall–Kier alpha value is -1.59. The lowest BCUT2D eigenvalue weighted by Crippen LogP contribution is -2.29. The highest BCUT2D eigenvalue weighted by atomic mass is 35.5. The molecule has 0 spiro atoms. The number of hydrogen-bond acceptors (Lipinski definition) is 3. The highest BCUT2D eigenvalue weighted by Crippen LogP contribution is 2.28. The van der Waals surface area contributed by atoms with E-state index >= 15 is 0 Å². The summed E-state index contributed by atoms with van der Waals surface area (Å²) in [7, 11) is 0. The zero-order valence-electron chi connectivity index (χ0n) is 8.89. The zero-order valence-corrected chi connectivity index (χ0v) is 9.65. The first-order valence-corrected chi connectivity index (χ1v) is 5.45. The summed E-state index contributed by atoms with van der Waals surface area (Å²) in [6.45, 7) is 0.319. The van der Waals surface area contributed by atoms with Crippen LogP contribution in [0.3, 0.4) is 0 Å². The Morgan fingerprint density at radius 3 is 2.76 bits per heavy atom. The van der Waals surface area contributed by atoms with Crippen molar-refractivity contribution in [1.29, 1.82) is 0 Å². The molecule has 0 radical (unpaired) electrons. The molecule has 1 unspecified atom stereocenters. The lowest BCUT2D eigenvalue weighted by molar-refractivity contribution is -0.117. The summed E-state index contributed by atoms with van der Waals surface area (Å²) in [6.07, 6.45) is 0.228. The Balaban J connectivity index is 2.46. The SMILES string of the molecule is NC1CC(=O)N(c2cc(Cl)ccc2C(=O)O)C1. The molecule has 1 aromatic carbocycles. The van der Waals surface area contributed by atoms with Crippen molar-refractivity contribution in [2.45, 2.75) is 12.5 Å². The minimum atomic E-state index is -1.09. The second-order valence-electron chi connectivity index (χ2n) is 3.94. The highest BCUT2D eigenvalue weighted by molar-refractivity contribution is 6.31. The van der Waals surface area contributed by atoms with Gasteiger partial charge >= 0.3 is 5.97 Å². The van der Waals surface area contributed by atoms with Crippen LogP contribution in [0.15, 0.2) is 18.2 Å². The predicted molar refractivity (Wildman–Crippen MR) is 63.4 cm³/mol. The van der Waals surface area contributed by atoms with Crippen LogP contribution >= 0.6 is 11.6 Å². The van der Waals surface area contributed by atoms with E-state index in [1.807, 2.05) is 0 Å². The summed E-state index contributed by atoms with van der Waals surface area (Å²) >= 11 is 5.82. The van der Waals surface area contributed by atoms with E-state index in [1.165, 1.54) is 23.1 Å². The highest BCUT2D eigenvalue weighted by Gasteiger charge is 2.30. The summed E-state index contributed by atoms with van der Waals surface area (Å²) in [4.78, 5) is 24.1. The van der Waals surface area contributed by atoms with Crippen LogP contribution in [-0.4, -0.2) is 29.6 Å². The largest absolute Gasteiger partial charge is 0.478 e. The van der Waals surface area contributed by atoms with E-state index in [0.717, 1.165) is 0 Å². The van der Waals surface area contributed by atoms with E-state index in [0.29, 0.717) is 17.3 Å². The monoisotopic (exact) mass is 254 g/mol. The maximum atomic E-state index is 11.7. The molecule has 1 saturated heterocycles. The molecule has 1 amide bonds. The van der Waals surface area contributed by atoms with Gasteiger partial charge in [0.05, 0.1) is 11.3 Å². The van der Waals surface area contributed by atoms with Crippen molar-refractivity contribution in [3.63, 3.8) is 0 Å². The van der Waals surface area contributed by atoms with E-state index in [-0.39, 0.29) is 23.9 Å². The van der Waals surface area contributed by atoms with Gasteiger partial charge < -0.3 is 15.7 Å². The molecule has 3 N–H and O–H groups in total. The molecule has 1 heterocycles. The molecule has 5 nitrogen and oxygen atoms in total. The maximum Gasteiger partial charge on any atom is 0.337 e. The smallest absolute Gasteiger partial charge is 0.337 e. The molecular weight excluding hydrogens is 244 g/mol. The molecule has 90 valence electrons. The van der Waals surface area contributed by atoms with E-state index in [2.05, 4.69) is 0 Å². The third-order valence-electron chi connectivity index (χ3n) is 2.64. The van der Waals surface area contributed by atoms with Gasteiger partial charge in [-0.2, -0.15) is 0 Å². The maximum absolute atomic E-state index is 11.7. The molecule has 0 aliphatic carbocycles. The number of nitrogens with zero attached hydrogens (tertiary/aromatic N) is 1. The van der Waals surface area contributed by atoms with Crippen molar-refractivity contribution < 1.29 is 14.7 Å². The van der Waals surface area contributed by atoms with Crippen LogP contribution in [0.25, 0.3) is 0 Å². The first kappa shape index (κ1) is 11.9. The summed E-state index contributed by atoms with van der Waals surface area (Å²) in [5.41, 5.74) is 6.04. The number of benzene rings is 1. The number of rotatable bonds is 2. The van der Waals surface area contributed by atoms with Crippen LogP contribution in [0.5, 0.6) is 0 Å². The average Bonchev–Trinajstić information content (AvgIpc) is 2.57. The van der Waals surface area contributed by atoms with Gasteiger partial charge in [-0.1, -0.05) is 11.6 Å². The Bertz CT molecular complexity index is 490. The van der Waals surface area contributed by atoms with Gasteiger partial charge in [-0.05, 0) is 18.2 Å². The van der Waals surface area contributed by atoms with Gasteiger partial charge in [0.2, 0.25) is 5.91 Å². The van der Waals surface area contributed by atoms with Crippen molar-refractivity contribution in [2.24, 2.45) is 5.73 Å². The number of carbonyl (C=O) groups is 2. The summed E-state index contributed by atoms with van der Waals surface area (Å²) < 4.78 is 0. The fraction of sp³-hybridized carbons (Fsp3) is 0.273. The molecular formula is C11H11ClN2O3. The second kappa shape index (κ2) is 4.35. The van der Waals surface area contributed by atoms with Crippen molar-refractivity contribution in [2.75, 3.05) is 11.4 Å². The second-order valence-corrected chi connectivity index (χ2v) is 4.37. The van der Waals surface area contributed by atoms with Crippen LogP contribution in [-0.2, 0) is 4.79 Å². The van der Waals surface area contributed by atoms with Gasteiger partial charge in [0.1, 0.15) is 0 Å². The zero-order chi connectivity index (χ0) is 12.6. The van der Waals surface area contributed by atoms with Crippen LogP contribution in [0.2, 0.25) is 5.02 Å². The van der Waals surface area contributed by atoms with Crippen LogP contribution < -0.4 is 10.6 Å². The number of carboxylic acid groups (broad SMARTS) is 1. The Morgan fingerprint density at radius 1 is 1.53 bits per heavy atom. The normalized spacial score (nSPS) is 19.8. The molecule has 1 fully saturated rings. The van der Waals surface area contributed by atoms with Crippen molar-refractivity contribution >= 4 is 29.2 Å². The standard InChI is InChI=1S/C11H11ClN2O3/c12-6-1-2-8(11(16)17)9(3-6)14-5-7(13)4-10(14)15/h1-3,7H,4-5,13H2,(H,16,17). The summed E-state index contributed by atoms with van der Waals surface area (Å²) in [5, 5.41) is 9.44. The minimum absolute atomic E-state index is 0.0526. The number of hydrogen-bond donors (Lipinski definition) is 2. The van der Waals surface area contributed by atoms with E-state index < -0.39 is 5.97 Å². The van der Waals surface area contributed by atoms with Crippen molar-refractivity contribution in [3.8, 4) is 0 Å². The molecule has 0 aromatic heterocycles. The fourth-order valence-electron chi connectivity index (χ4n) is 1.88. The third kappa shape index (κ3) is 2.25. The van der Waals surface area contributed by atoms with Crippen molar-refractivity contribution in [3.05, 3.63) is 28.8 Å². The topological polar surface area (TPSA) is 83.6 Å². The average molecular weight is 255 g/mol. The molecule has 1 atom stereocenters. The molecule has 1 aromatic rings. The molecule has 6 heteroatoms. The quantitative estimate of drug-likeness (QED) is 0.828. The third-order valence-corrected chi connectivity index (χ3v) is 2.87. The molecule has 0 bridgehead atoms. The predicted octanol–water partition coefficient (Wildman–Crippen LogP) is 1.10. The van der Waals surface area contributed by atoms with Gasteiger partial charge in [-0.3, -0.25) is 4.79 Å². The van der Waals surface area contributed by atoms with Crippen LogP contribution in [0, 0.1) is 0 Å². The lowest BCUT2D eigenvalue weighted by atomic mass is 10.1. The van der Waals surface area contributed by atoms with Gasteiger partial charge in [0.15, 0.2) is 0 Å². The molecule has 17 heavy (non-hydrogen) atoms. The van der Waals surface area contributed by atoms with E-state index in [4.69, 9.17) is 22.4 Å². The molecule has 2 rings (SSSR count). The summed E-state index contributed by atoms with van der Waals surface area (Å²) in [5.74, 6) is -1.27. The van der Waals surface area contributed by atoms with Crippen LogP contribution in [0.4, 0.5) is 5.69 Å². The first-order valence-electron chi connectivity index (χ1n) is 5.08. The first-order chi connectivity index (χ1) is 7.99. The summed E-state index contributed by atoms with van der Waals surface area (Å²) in [6, 6.07) is 4.08. The number of carbonyl (C=O) groups excluding carboxylic acids is 1. The fourth-order valence-corrected chi connectivity index (χ4v) is 2.04. The van der Waals surface area contributed by atoms with Gasteiger partial charge in [-0.15, -0.1) is 0 Å². The van der Waals surface area contributed by atoms with Gasteiger partial charge in [-0.25, -0.2) is 4.79 Å².